The molecule has 0 amide bonds. The van der Waals surface area contributed by atoms with Gasteiger partial charge in [-0.05, 0) is 50.2 Å². The molecular formula is C17H22O2. The molecule has 2 nitrogen and oxygen atoms in total. The molecule has 1 unspecified atom stereocenters. The molecule has 19 heavy (non-hydrogen) atoms. The Morgan fingerprint density at radius 3 is 2.74 bits per heavy atom. The van der Waals surface area contributed by atoms with Crippen LogP contribution in [0.25, 0.3) is 0 Å². The summed E-state index contributed by atoms with van der Waals surface area (Å²) in [4.78, 5) is 11.8. The number of allylic oxidation sites excluding steroid dienone is 1. The Morgan fingerprint density at radius 1 is 1.37 bits per heavy atom. The van der Waals surface area contributed by atoms with Crippen LogP contribution in [0.5, 0.6) is 0 Å². The summed E-state index contributed by atoms with van der Waals surface area (Å²) in [6.07, 6.45) is 11.2. The highest BCUT2D eigenvalue weighted by Crippen LogP contribution is 2.29. The minimum atomic E-state index is -0.187. The van der Waals surface area contributed by atoms with Crippen molar-refractivity contribution >= 4 is 5.97 Å². The topological polar surface area (TPSA) is 26.3 Å². The standard InChI is InChI=1S/C17H22O2/c1-3-8-15-14(16(4-2)19-17(15)18)12-11-13-9-6-5-7-10-13/h3,12,16H,1,4-10H2,2H3. The number of hydrogen-bond acceptors (Lipinski definition) is 2. The van der Waals surface area contributed by atoms with Crippen LogP contribution < -0.4 is 0 Å². The van der Waals surface area contributed by atoms with E-state index in [1.807, 2.05) is 13.0 Å². The molecule has 1 atom stereocenters. The maximum atomic E-state index is 11.8. The number of ether oxygens (including phenoxy) is 1. The summed E-state index contributed by atoms with van der Waals surface area (Å²) in [6, 6.07) is 0. The Balaban J connectivity index is 2.28. The van der Waals surface area contributed by atoms with Crippen LogP contribution in [0.15, 0.2) is 41.2 Å². The third-order valence-electron chi connectivity index (χ3n) is 3.80. The summed E-state index contributed by atoms with van der Waals surface area (Å²) in [7, 11) is 0. The molecule has 0 aromatic heterocycles. The Labute approximate surface area is 115 Å². The van der Waals surface area contributed by atoms with Crippen molar-refractivity contribution in [1.82, 2.24) is 0 Å². The number of hydrogen-bond donors (Lipinski definition) is 0. The summed E-state index contributed by atoms with van der Waals surface area (Å²) < 4.78 is 5.39. The van der Waals surface area contributed by atoms with Crippen molar-refractivity contribution < 1.29 is 9.53 Å². The molecule has 0 spiro atoms. The van der Waals surface area contributed by atoms with Gasteiger partial charge in [-0.25, -0.2) is 4.79 Å². The lowest BCUT2D eigenvalue weighted by Gasteiger charge is -2.11. The Bertz CT molecular complexity index is 454. The van der Waals surface area contributed by atoms with Crippen molar-refractivity contribution in [2.75, 3.05) is 0 Å². The molecule has 0 aromatic rings. The van der Waals surface area contributed by atoms with E-state index in [2.05, 4.69) is 12.3 Å². The van der Waals surface area contributed by atoms with Crippen LogP contribution in [0.3, 0.4) is 0 Å². The van der Waals surface area contributed by atoms with E-state index in [9.17, 15) is 4.79 Å². The molecule has 1 heterocycles. The van der Waals surface area contributed by atoms with Crippen molar-refractivity contribution in [1.29, 1.82) is 0 Å². The quantitative estimate of drug-likeness (QED) is 0.428. The van der Waals surface area contributed by atoms with E-state index in [4.69, 9.17) is 4.74 Å². The summed E-state index contributed by atoms with van der Waals surface area (Å²) in [5, 5.41) is 0. The first-order valence-corrected chi connectivity index (χ1v) is 7.25. The number of esters is 1. The predicted octanol–water partition coefficient (Wildman–Crippen LogP) is 4.24. The van der Waals surface area contributed by atoms with Crippen LogP contribution >= 0.6 is 0 Å². The highest BCUT2D eigenvalue weighted by Gasteiger charge is 2.30. The first-order valence-electron chi connectivity index (χ1n) is 7.25. The van der Waals surface area contributed by atoms with Gasteiger partial charge in [0.1, 0.15) is 6.10 Å². The van der Waals surface area contributed by atoms with Gasteiger partial charge < -0.3 is 4.74 Å². The summed E-state index contributed by atoms with van der Waals surface area (Å²) in [5.74, 6) is -0.187. The molecule has 1 aliphatic heterocycles. The van der Waals surface area contributed by atoms with Crippen LogP contribution in [0, 0.1) is 0 Å². The van der Waals surface area contributed by atoms with Crippen molar-refractivity contribution in [3.8, 4) is 0 Å². The Hall–Kier alpha value is -1.53. The average Bonchev–Trinajstić information content (AvgIpc) is 2.74. The molecule has 0 radical (unpaired) electrons. The maximum absolute atomic E-state index is 11.8. The second-order valence-electron chi connectivity index (χ2n) is 5.18. The largest absolute Gasteiger partial charge is 0.454 e. The Morgan fingerprint density at radius 2 is 2.11 bits per heavy atom. The fraction of sp³-hybridized carbons (Fsp3) is 0.529. The molecule has 1 aliphatic carbocycles. The first-order chi connectivity index (χ1) is 9.26. The fourth-order valence-corrected chi connectivity index (χ4v) is 2.71. The molecule has 2 rings (SSSR count). The number of rotatable bonds is 4. The molecule has 102 valence electrons. The monoisotopic (exact) mass is 258 g/mol. The van der Waals surface area contributed by atoms with Crippen molar-refractivity contribution in [3.05, 3.63) is 41.2 Å². The molecule has 0 saturated heterocycles. The highest BCUT2D eigenvalue weighted by molar-refractivity contribution is 5.93. The zero-order valence-electron chi connectivity index (χ0n) is 11.7. The van der Waals surface area contributed by atoms with E-state index in [0.29, 0.717) is 6.42 Å². The highest BCUT2D eigenvalue weighted by atomic mass is 16.5. The normalized spacial score (nSPS) is 23.1. The van der Waals surface area contributed by atoms with Gasteiger partial charge in [-0.3, -0.25) is 0 Å². The van der Waals surface area contributed by atoms with E-state index < -0.39 is 0 Å². The first kappa shape index (κ1) is 13.9. The molecule has 2 heteroatoms. The predicted molar refractivity (Wildman–Crippen MR) is 76.7 cm³/mol. The lowest BCUT2D eigenvalue weighted by atomic mass is 9.94. The smallest absolute Gasteiger partial charge is 0.335 e. The molecule has 0 bridgehead atoms. The molecule has 0 N–H and O–H groups in total. The molecular weight excluding hydrogens is 236 g/mol. The zero-order chi connectivity index (χ0) is 13.7. The van der Waals surface area contributed by atoms with Gasteiger partial charge in [0.05, 0.1) is 0 Å². The minimum absolute atomic E-state index is 0.0980. The van der Waals surface area contributed by atoms with E-state index in [1.54, 1.807) is 6.08 Å². The SMILES string of the molecule is C=CCC1=C(C=C=C2CCCCC2)C(CC)OC1=O. The van der Waals surface area contributed by atoms with Crippen LogP contribution in [0.1, 0.15) is 51.9 Å². The number of cyclic esters (lactones) is 1. The van der Waals surface area contributed by atoms with E-state index in [0.717, 1.165) is 30.4 Å². The molecule has 2 aliphatic rings. The van der Waals surface area contributed by atoms with Crippen LogP contribution in [0.2, 0.25) is 0 Å². The van der Waals surface area contributed by atoms with E-state index >= 15 is 0 Å². The second kappa shape index (κ2) is 6.58. The van der Waals surface area contributed by atoms with Gasteiger partial charge in [0.2, 0.25) is 0 Å². The third kappa shape index (κ3) is 3.27. The van der Waals surface area contributed by atoms with Crippen LogP contribution in [-0.4, -0.2) is 12.1 Å². The fourth-order valence-electron chi connectivity index (χ4n) is 2.71. The van der Waals surface area contributed by atoms with Crippen molar-refractivity contribution in [2.24, 2.45) is 0 Å². The molecule has 0 aromatic carbocycles. The number of carbonyl (C=O) groups is 1. The van der Waals surface area contributed by atoms with Gasteiger partial charge in [-0.2, -0.15) is 0 Å². The summed E-state index contributed by atoms with van der Waals surface area (Å²) >= 11 is 0. The van der Waals surface area contributed by atoms with E-state index in [-0.39, 0.29) is 12.1 Å². The van der Waals surface area contributed by atoms with Gasteiger partial charge in [0.15, 0.2) is 0 Å². The molecule has 1 saturated carbocycles. The lowest BCUT2D eigenvalue weighted by molar-refractivity contribution is -0.139. The van der Waals surface area contributed by atoms with Gasteiger partial charge in [-0.15, -0.1) is 12.3 Å². The van der Waals surface area contributed by atoms with E-state index in [1.165, 1.54) is 24.8 Å². The zero-order valence-corrected chi connectivity index (χ0v) is 11.7. The van der Waals surface area contributed by atoms with Gasteiger partial charge in [-0.1, -0.05) is 19.4 Å². The average molecular weight is 258 g/mol. The van der Waals surface area contributed by atoms with Gasteiger partial charge >= 0.3 is 5.97 Å². The van der Waals surface area contributed by atoms with Crippen LogP contribution in [0.4, 0.5) is 0 Å². The minimum Gasteiger partial charge on any atom is -0.454 e. The summed E-state index contributed by atoms with van der Waals surface area (Å²) in [5.41, 5.74) is 6.54. The third-order valence-corrected chi connectivity index (χ3v) is 3.80. The maximum Gasteiger partial charge on any atom is 0.335 e. The van der Waals surface area contributed by atoms with Crippen molar-refractivity contribution in [3.63, 3.8) is 0 Å². The molecule has 1 fully saturated rings. The lowest BCUT2D eigenvalue weighted by Crippen LogP contribution is -2.08. The van der Waals surface area contributed by atoms with Gasteiger partial charge in [0.25, 0.3) is 0 Å². The Kier molecular flexibility index (Phi) is 4.81. The number of carbonyl (C=O) groups excluding carboxylic acids is 1. The summed E-state index contributed by atoms with van der Waals surface area (Å²) in [6.45, 7) is 5.75. The van der Waals surface area contributed by atoms with Crippen molar-refractivity contribution in [2.45, 2.75) is 58.0 Å². The second-order valence-corrected chi connectivity index (χ2v) is 5.18. The van der Waals surface area contributed by atoms with Crippen LogP contribution in [-0.2, 0) is 9.53 Å². The van der Waals surface area contributed by atoms with Gasteiger partial charge in [0, 0.05) is 11.1 Å².